The fourth-order valence-electron chi connectivity index (χ4n) is 1.92. The molecule has 1 unspecified atom stereocenters. The molecule has 1 heterocycles. The highest BCUT2D eigenvalue weighted by Crippen LogP contribution is 2.26. The van der Waals surface area contributed by atoms with Gasteiger partial charge in [0, 0.05) is 18.1 Å². The Kier molecular flexibility index (Phi) is 3.91. The van der Waals surface area contributed by atoms with Gasteiger partial charge in [0.1, 0.15) is 6.07 Å². The molecule has 0 aliphatic rings. The quantitative estimate of drug-likeness (QED) is 0.899. The van der Waals surface area contributed by atoms with Crippen molar-refractivity contribution in [3.05, 3.63) is 36.0 Å². The van der Waals surface area contributed by atoms with E-state index in [4.69, 9.17) is 0 Å². The van der Waals surface area contributed by atoms with Crippen molar-refractivity contribution in [3.8, 4) is 6.07 Å². The summed E-state index contributed by atoms with van der Waals surface area (Å²) in [6.45, 7) is 6.34. The summed E-state index contributed by atoms with van der Waals surface area (Å²) in [6, 6.07) is 9.80. The molecule has 0 aliphatic carbocycles. The summed E-state index contributed by atoms with van der Waals surface area (Å²) in [5.41, 5.74) is 1.85. The van der Waals surface area contributed by atoms with E-state index in [0.717, 1.165) is 16.6 Å². The Labute approximate surface area is 119 Å². The van der Waals surface area contributed by atoms with Gasteiger partial charge in [-0.15, -0.1) is 0 Å². The summed E-state index contributed by atoms with van der Waals surface area (Å²) in [7, 11) is 0. The molecule has 2 N–H and O–H groups in total. The van der Waals surface area contributed by atoms with Gasteiger partial charge < -0.3 is 10.4 Å². The van der Waals surface area contributed by atoms with Gasteiger partial charge >= 0.3 is 0 Å². The molecule has 0 fully saturated rings. The number of nitrogens with one attached hydrogen (secondary N) is 1. The lowest BCUT2D eigenvalue weighted by atomic mass is 9.89. The maximum Gasteiger partial charge on any atom is 0.103 e. The summed E-state index contributed by atoms with van der Waals surface area (Å²) in [5.74, 6) is 0. The van der Waals surface area contributed by atoms with E-state index in [2.05, 4.69) is 16.4 Å². The number of pyridine rings is 1. The second kappa shape index (κ2) is 5.48. The average molecular weight is 269 g/mol. The van der Waals surface area contributed by atoms with Crippen molar-refractivity contribution in [2.75, 3.05) is 11.9 Å². The summed E-state index contributed by atoms with van der Waals surface area (Å²) < 4.78 is 0. The predicted molar refractivity (Wildman–Crippen MR) is 80.4 cm³/mol. The van der Waals surface area contributed by atoms with Crippen molar-refractivity contribution in [2.24, 2.45) is 5.41 Å². The Balaban J connectivity index is 2.35. The molecule has 20 heavy (non-hydrogen) atoms. The van der Waals surface area contributed by atoms with E-state index in [-0.39, 0.29) is 5.41 Å². The molecule has 0 saturated heterocycles. The number of nitriles is 1. The summed E-state index contributed by atoms with van der Waals surface area (Å²) in [5, 5.41) is 23.4. The van der Waals surface area contributed by atoms with Crippen LogP contribution in [0.25, 0.3) is 10.9 Å². The Morgan fingerprint density at radius 1 is 1.35 bits per heavy atom. The minimum atomic E-state index is -0.499. The third-order valence-corrected chi connectivity index (χ3v) is 3.37. The monoisotopic (exact) mass is 269 g/mol. The fraction of sp³-hybridized carbons (Fsp3) is 0.375. The molecule has 2 aromatic rings. The van der Waals surface area contributed by atoms with Gasteiger partial charge in [0.15, 0.2) is 0 Å². The predicted octanol–water partition coefficient (Wildman–Crippen LogP) is 2.93. The van der Waals surface area contributed by atoms with Crippen LogP contribution >= 0.6 is 0 Å². The van der Waals surface area contributed by atoms with Crippen LogP contribution in [0.3, 0.4) is 0 Å². The lowest BCUT2D eigenvalue weighted by Crippen LogP contribution is -2.33. The molecular weight excluding hydrogens is 250 g/mol. The van der Waals surface area contributed by atoms with E-state index in [1.54, 1.807) is 6.20 Å². The van der Waals surface area contributed by atoms with Gasteiger partial charge in [-0.1, -0.05) is 39.0 Å². The number of hydrogen-bond acceptors (Lipinski definition) is 4. The SMILES string of the molecule is CC(C)(C)C(O)CNc1c(C#N)cnc2ccccc12. The van der Waals surface area contributed by atoms with Crippen molar-refractivity contribution in [1.82, 2.24) is 4.98 Å². The molecule has 0 bridgehead atoms. The molecule has 1 aromatic carbocycles. The molecule has 104 valence electrons. The van der Waals surface area contributed by atoms with Gasteiger partial charge in [0.2, 0.25) is 0 Å². The number of fused-ring (bicyclic) bond motifs is 1. The number of benzene rings is 1. The van der Waals surface area contributed by atoms with E-state index in [1.807, 2.05) is 45.0 Å². The number of aromatic nitrogens is 1. The highest BCUT2D eigenvalue weighted by Gasteiger charge is 2.22. The van der Waals surface area contributed by atoms with Crippen LogP contribution in [0.5, 0.6) is 0 Å². The number of nitrogens with zero attached hydrogens (tertiary/aromatic N) is 2. The first-order valence-electron chi connectivity index (χ1n) is 6.63. The molecular formula is C16H19N3O. The van der Waals surface area contributed by atoms with Crippen LogP contribution in [0.4, 0.5) is 5.69 Å². The summed E-state index contributed by atoms with van der Waals surface area (Å²) in [6.07, 6.45) is 1.06. The molecule has 2 rings (SSSR count). The molecule has 0 saturated carbocycles. The molecule has 1 aromatic heterocycles. The second-order valence-corrected chi connectivity index (χ2v) is 5.94. The maximum atomic E-state index is 10.1. The number of para-hydroxylation sites is 1. The van der Waals surface area contributed by atoms with Gasteiger partial charge in [0.25, 0.3) is 0 Å². The van der Waals surface area contributed by atoms with E-state index in [1.165, 1.54) is 0 Å². The lowest BCUT2D eigenvalue weighted by molar-refractivity contribution is 0.0746. The molecule has 0 radical (unpaired) electrons. The highest BCUT2D eigenvalue weighted by atomic mass is 16.3. The van der Waals surface area contributed by atoms with Gasteiger partial charge in [-0.3, -0.25) is 4.98 Å². The Bertz CT molecular complexity index is 653. The van der Waals surface area contributed by atoms with Crippen LogP contribution in [0.15, 0.2) is 30.5 Å². The summed E-state index contributed by atoms with van der Waals surface area (Å²) in [4.78, 5) is 4.26. The van der Waals surface area contributed by atoms with E-state index >= 15 is 0 Å². The van der Waals surface area contributed by atoms with Gasteiger partial charge in [-0.2, -0.15) is 5.26 Å². The van der Waals surface area contributed by atoms with Crippen molar-refractivity contribution < 1.29 is 5.11 Å². The first-order valence-corrected chi connectivity index (χ1v) is 6.63. The molecule has 1 atom stereocenters. The van der Waals surface area contributed by atoms with Gasteiger partial charge in [-0.05, 0) is 11.5 Å². The highest BCUT2D eigenvalue weighted by molar-refractivity contribution is 5.93. The molecule has 4 nitrogen and oxygen atoms in total. The maximum absolute atomic E-state index is 10.1. The van der Waals surface area contributed by atoms with Crippen LogP contribution in [0.2, 0.25) is 0 Å². The zero-order chi connectivity index (χ0) is 14.8. The normalized spacial score (nSPS) is 12.9. The Morgan fingerprint density at radius 2 is 2.05 bits per heavy atom. The van der Waals surface area contributed by atoms with Crippen molar-refractivity contribution in [3.63, 3.8) is 0 Å². The Hall–Kier alpha value is -2.12. The smallest absolute Gasteiger partial charge is 0.103 e. The van der Waals surface area contributed by atoms with E-state index in [0.29, 0.717) is 12.1 Å². The van der Waals surface area contributed by atoms with Gasteiger partial charge in [0.05, 0.1) is 22.9 Å². The van der Waals surface area contributed by atoms with E-state index < -0.39 is 6.10 Å². The number of hydrogen-bond donors (Lipinski definition) is 2. The van der Waals surface area contributed by atoms with Crippen molar-refractivity contribution in [2.45, 2.75) is 26.9 Å². The number of aliphatic hydroxyl groups excluding tert-OH is 1. The van der Waals surface area contributed by atoms with Crippen LogP contribution in [0, 0.1) is 16.7 Å². The number of anilines is 1. The standard InChI is InChI=1S/C16H19N3O/c1-16(2,3)14(20)10-19-15-11(8-17)9-18-13-7-5-4-6-12(13)15/h4-7,9,14,20H,10H2,1-3H3,(H,18,19). The minimum absolute atomic E-state index is 0.206. The first kappa shape index (κ1) is 14.3. The largest absolute Gasteiger partial charge is 0.391 e. The zero-order valence-corrected chi connectivity index (χ0v) is 12.0. The minimum Gasteiger partial charge on any atom is -0.391 e. The average Bonchev–Trinajstić information content (AvgIpc) is 2.43. The number of aliphatic hydroxyl groups is 1. The molecule has 4 heteroatoms. The zero-order valence-electron chi connectivity index (χ0n) is 12.0. The number of rotatable bonds is 3. The molecule has 0 amide bonds. The third-order valence-electron chi connectivity index (χ3n) is 3.37. The van der Waals surface area contributed by atoms with Crippen LogP contribution in [0.1, 0.15) is 26.3 Å². The fourth-order valence-corrected chi connectivity index (χ4v) is 1.92. The van der Waals surface area contributed by atoms with Crippen molar-refractivity contribution >= 4 is 16.6 Å². The van der Waals surface area contributed by atoms with Crippen LogP contribution < -0.4 is 5.32 Å². The third kappa shape index (κ3) is 2.89. The Morgan fingerprint density at radius 3 is 2.70 bits per heavy atom. The lowest BCUT2D eigenvalue weighted by Gasteiger charge is -2.26. The van der Waals surface area contributed by atoms with Crippen LogP contribution in [-0.4, -0.2) is 22.7 Å². The second-order valence-electron chi connectivity index (χ2n) is 5.94. The van der Waals surface area contributed by atoms with E-state index in [9.17, 15) is 10.4 Å². The molecule has 0 spiro atoms. The van der Waals surface area contributed by atoms with Gasteiger partial charge in [-0.25, -0.2) is 0 Å². The topological polar surface area (TPSA) is 68.9 Å². The molecule has 0 aliphatic heterocycles. The summed E-state index contributed by atoms with van der Waals surface area (Å²) >= 11 is 0. The van der Waals surface area contributed by atoms with Crippen molar-refractivity contribution in [1.29, 1.82) is 5.26 Å². The van der Waals surface area contributed by atoms with Crippen LogP contribution in [-0.2, 0) is 0 Å². The first-order chi connectivity index (χ1) is 9.43.